The van der Waals surface area contributed by atoms with Gasteiger partial charge in [0.15, 0.2) is 11.5 Å². The molecule has 0 saturated carbocycles. The van der Waals surface area contributed by atoms with Crippen LogP contribution in [0.3, 0.4) is 0 Å². The first-order valence-electron chi connectivity index (χ1n) is 8.36. The van der Waals surface area contributed by atoms with Crippen LogP contribution in [-0.4, -0.2) is 36.5 Å². The third-order valence-corrected chi connectivity index (χ3v) is 4.76. The molecule has 0 fully saturated rings. The van der Waals surface area contributed by atoms with Crippen molar-refractivity contribution in [2.75, 3.05) is 5.75 Å². The normalized spacial score (nSPS) is 10.8. The van der Waals surface area contributed by atoms with Crippen LogP contribution in [0.15, 0.2) is 72.0 Å². The summed E-state index contributed by atoms with van der Waals surface area (Å²) in [5, 5.41) is 16.5. The molecule has 0 saturated heterocycles. The molecule has 3 heterocycles. The third-order valence-electron chi connectivity index (χ3n) is 3.84. The smallest absolute Gasteiger partial charge is 0.230 e. The van der Waals surface area contributed by atoms with Gasteiger partial charge in [-0.1, -0.05) is 42.1 Å². The summed E-state index contributed by atoms with van der Waals surface area (Å²) in [5.74, 6) is 0.867. The fraction of sp³-hybridized carbons (Fsp3) is 0.105. The monoisotopic (exact) mass is 376 g/mol. The van der Waals surface area contributed by atoms with E-state index in [0.29, 0.717) is 18.0 Å². The largest absolute Gasteiger partial charge is 0.351 e. The standard InChI is InChI=1S/C19H16N6OS/c26-17(21-11-14-5-2-1-3-6-14)13-27-18-9-8-16-22-23-19(25(16)24-18)15-7-4-10-20-12-15/h1-10,12H,11,13H2,(H,21,26). The van der Waals surface area contributed by atoms with Crippen LogP contribution in [0, 0.1) is 0 Å². The van der Waals surface area contributed by atoms with Gasteiger partial charge in [0.25, 0.3) is 0 Å². The van der Waals surface area contributed by atoms with Crippen LogP contribution in [0.4, 0.5) is 0 Å². The van der Waals surface area contributed by atoms with Crippen molar-refractivity contribution in [3.8, 4) is 11.4 Å². The molecule has 7 nitrogen and oxygen atoms in total. The SMILES string of the molecule is O=C(CSc1ccc2nnc(-c3cccnc3)n2n1)NCc1ccccc1. The van der Waals surface area contributed by atoms with E-state index in [4.69, 9.17) is 0 Å². The van der Waals surface area contributed by atoms with Gasteiger partial charge >= 0.3 is 0 Å². The van der Waals surface area contributed by atoms with Crippen LogP contribution >= 0.6 is 11.8 Å². The number of fused-ring (bicyclic) bond motifs is 1. The van der Waals surface area contributed by atoms with E-state index in [0.717, 1.165) is 16.2 Å². The van der Waals surface area contributed by atoms with E-state index in [1.807, 2.05) is 54.6 Å². The highest BCUT2D eigenvalue weighted by Crippen LogP contribution is 2.19. The van der Waals surface area contributed by atoms with Crippen molar-refractivity contribution in [3.63, 3.8) is 0 Å². The number of carbonyl (C=O) groups excluding carboxylic acids is 1. The number of benzene rings is 1. The van der Waals surface area contributed by atoms with E-state index < -0.39 is 0 Å². The molecule has 1 amide bonds. The summed E-state index contributed by atoms with van der Waals surface area (Å²) >= 11 is 1.37. The zero-order valence-corrected chi connectivity index (χ0v) is 15.1. The van der Waals surface area contributed by atoms with Crippen molar-refractivity contribution in [2.24, 2.45) is 0 Å². The molecule has 3 aromatic heterocycles. The molecule has 1 aromatic carbocycles. The van der Waals surface area contributed by atoms with Gasteiger partial charge in [-0.25, -0.2) is 0 Å². The molecule has 4 aromatic rings. The number of aromatic nitrogens is 5. The molecule has 0 radical (unpaired) electrons. The van der Waals surface area contributed by atoms with E-state index in [1.165, 1.54) is 11.8 Å². The molecule has 8 heteroatoms. The Bertz CT molecular complexity index is 1050. The van der Waals surface area contributed by atoms with Gasteiger partial charge in [-0.05, 0) is 29.8 Å². The molecule has 0 bridgehead atoms. The summed E-state index contributed by atoms with van der Waals surface area (Å²) in [6, 6.07) is 17.2. The fourth-order valence-corrected chi connectivity index (χ4v) is 3.20. The van der Waals surface area contributed by atoms with Gasteiger partial charge in [0, 0.05) is 24.5 Å². The van der Waals surface area contributed by atoms with Gasteiger partial charge < -0.3 is 5.32 Å². The maximum atomic E-state index is 12.1. The van der Waals surface area contributed by atoms with Gasteiger partial charge in [-0.15, -0.1) is 10.2 Å². The summed E-state index contributed by atoms with van der Waals surface area (Å²) in [7, 11) is 0. The topological polar surface area (TPSA) is 85.1 Å². The predicted molar refractivity (Wildman–Crippen MR) is 103 cm³/mol. The average molecular weight is 376 g/mol. The Kier molecular flexibility index (Phi) is 5.06. The second kappa shape index (κ2) is 7.96. The fourth-order valence-electron chi connectivity index (χ4n) is 2.51. The molecule has 0 aliphatic heterocycles. The van der Waals surface area contributed by atoms with Gasteiger partial charge in [-0.2, -0.15) is 9.61 Å². The first-order chi connectivity index (χ1) is 13.3. The number of rotatable bonds is 6. The lowest BCUT2D eigenvalue weighted by molar-refractivity contribution is -0.118. The van der Waals surface area contributed by atoms with Gasteiger partial charge in [0.05, 0.1) is 5.75 Å². The Morgan fingerprint density at radius 3 is 2.74 bits per heavy atom. The van der Waals surface area contributed by atoms with Crippen molar-refractivity contribution < 1.29 is 4.79 Å². The molecular formula is C19H16N6OS. The highest BCUT2D eigenvalue weighted by atomic mass is 32.2. The maximum Gasteiger partial charge on any atom is 0.230 e. The molecule has 0 spiro atoms. The molecule has 134 valence electrons. The van der Waals surface area contributed by atoms with Crippen molar-refractivity contribution in [1.82, 2.24) is 30.1 Å². The summed E-state index contributed by atoms with van der Waals surface area (Å²) in [6.07, 6.45) is 3.42. The predicted octanol–water partition coefficient (Wildman–Crippen LogP) is 2.59. The maximum absolute atomic E-state index is 12.1. The van der Waals surface area contributed by atoms with Crippen molar-refractivity contribution in [1.29, 1.82) is 0 Å². The quantitative estimate of drug-likeness (QED) is 0.521. The number of carbonyl (C=O) groups is 1. The van der Waals surface area contributed by atoms with Crippen LogP contribution < -0.4 is 5.32 Å². The summed E-state index contributed by atoms with van der Waals surface area (Å²) < 4.78 is 1.67. The minimum Gasteiger partial charge on any atom is -0.351 e. The Morgan fingerprint density at radius 1 is 1.04 bits per heavy atom. The number of nitrogens with one attached hydrogen (secondary N) is 1. The van der Waals surface area contributed by atoms with Gasteiger partial charge in [0.2, 0.25) is 5.91 Å². The summed E-state index contributed by atoms with van der Waals surface area (Å²) in [4.78, 5) is 16.2. The van der Waals surface area contributed by atoms with Gasteiger partial charge in [0.1, 0.15) is 5.03 Å². The molecule has 0 atom stereocenters. The molecule has 0 unspecified atom stereocenters. The van der Waals surface area contributed by atoms with Crippen molar-refractivity contribution in [3.05, 3.63) is 72.6 Å². The molecule has 0 aliphatic rings. The second-order valence-electron chi connectivity index (χ2n) is 5.76. The van der Waals surface area contributed by atoms with Crippen LogP contribution in [-0.2, 0) is 11.3 Å². The van der Waals surface area contributed by atoms with Crippen LogP contribution in [0.2, 0.25) is 0 Å². The molecule has 27 heavy (non-hydrogen) atoms. The molecule has 4 rings (SSSR count). The lowest BCUT2D eigenvalue weighted by atomic mass is 10.2. The Labute approximate surface area is 159 Å². The second-order valence-corrected chi connectivity index (χ2v) is 6.75. The van der Waals surface area contributed by atoms with Crippen LogP contribution in [0.25, 0.3) is 17.0 Å². The number of pyridine rings is 1. The molecule has 1 N–H and O–H groups in total. The van der Waals surface area contributed by atoms with Gasteiger partial charge in [-0.3, -0.25) is 9.78 Å². The number of amides is 1. The Hall–Kier alpha value is -3.26. The van der Waals surface area contributed by atoms with Crippen molar-refractivity contribution >= 4 is 23.3 Å². The van der Waals surface area contributed by atoms with Crippen molar-refractivity contribution in [2.45, 2.75) is 11.6 Å². The first kappa shape index (κ1) is 17.2. The highest BCUT2D eigenvalue weighted by molar-refractivity contribution is 7.99. The lowest BCUT2D eigenvalue weighted by Gasteiger charge is -2.05. The zero-order chi connectivity index (χ0) is 18.5. The minimum atomic E-state index is -0.0398. The number of thioether (sulfide) groups is 1. The Balaban J connectivity index is 1.42. The summed E-state index contributed by atoms with van der Waals surface area (Å²) in [5.41, 5.74) is 2.55. The molecule has 0 aliphatic carbocycles. The highest BCUT2D eigenvalue weighted by Gasteiger charge is 2.11. The number of nitrogens with zero attached hydrogens (tertiary/aromatic N) is 5. The van der Waals surface area contributed by atoms with E-state index in [9.17, 15) is 4.79 Å². The van der Waals surface area contributed by atoms with E-state index >= 15 is 0 Å². The van der Waals surface area contributed by atoms with E-state index in [2.05, 4.69) is 25.6 Å². The average Bonchev–Trinajstić information content (AvgIpc) is 3.15. The van der Waals surface area contributed by atoms with E-state index in [1.54, 1.807) is 16.9 Å². The first-order valence-corrected chi connectivity index (χ1v) is 9.34. The minimum absolute atomic E-state index is 0.0398. The van der Waals surface area contributed by atoms with Crippen LogP contribution in [0.5, 0.6) is 0 Å². The third kappa shape index (κ3) is 4.12. The number of hydrogen-bond donors (Lipinski definition) is 1. The Morgan fingerprint density at radius 2 is 1.93 bits per heavy atom. The summed E-state index contributed by atoms with van der Waals surface area (Å²) in [6.45, 7) is 0.517. The lowest BCUT2D eigenvalue weighted by Crippen LogP contribution is -2.24. The van der Waals surface area contributed by atoms with Crippen LogP contribution in [0.1, 0.15) is 5.56 Å². The number of hydrogen-bond acceptors (Lipinski definition) is 6. The molecular weight excluding hydrogens is 360 g/mol. The van der Waals surface area contributed by atoms with E-state index in [-0.39, 0.29) is 11.7 Å². The zero-order valence-electron chi connectivity index (χ0n) is 14.3.